The highest BCUT2D eigenvalue weighted by Gasteiger charge is 2.46. The first-order valence-corrected chi connectivity index (χ1v) is 24.1. The molecular weight excluding hydrogens is 837 g/mol. The van der Waals surface area contributed by atoms with Crippen LogP contribution in [-0.2, 0) is 10.2 Å². The summed E-state index contributed by atoms with van der Waals surface area (Å²) in [5, 5.41) is 0. The summed E-state index contributed by atoms with van der Waals surface area (Å²) in [5.74, 6) is 0.345. The number of hydrogen-bond acceptors (Lipinski definition) is 3. The molecule has 0 heterocycles. The van der Waals surface area contributed by atoms with Crippen molar-refractivity contribution in [2.45, 2.75) is 31.1 Å². The first-order chi connectivity index (χ1) is 34.1. The molecule has 1 spiro atoms. The van der Waals surface area contributed by atoms with Crippen molar-refractivity contribution in [3.63, 3.8) is 0 Å². The Kier molecular flexibility index (Phi) is 10.9. The summed E-state index contributed by atoms with van der Waals surface area (Å²) in [5.41, 5.74) is 20.6. The molecule has 0 unspecified atom stereocenters. The maximum atomic E-state index is 13.3. The Morgan fingerprint density at radius 2 is 0.551 bits per heavy atom. The predicted molar refractivity (Wildman–Crippen MR) is 287 cm³/mol. The van der Waals surface area contributed by atoms with Crippen LogP contribution in [0.15, 0.2) is 255 Å². The van der Waals surface area contributed by atoms with Crippen molar-refractivity contribution in [1.82, 2.24) is 0 Å². The van der Waals surface area contributed by atoms with E-state index in [1.165, 1.54) is 44.5 Å². The molecule has 0 aromatic heterocycles. The second-order valence-corrected chi connectivity index (χ2v) is 18.4. The molecule has 2 aliphatic rings. The number of anilines is 6. The van der Waals surface area contributed by atoms with Crippen molar-refractivity contribution in [3.8, 4) is 55.6 Å². The van der Waals surface area contributed by atoms with Crippen LogP contribution in [0.1, 0.15) is 36.8 Å². The molecule has 0 amide bonds. The Hall–Kier alpha value is -8.53. The second-order valence-electron chi connectivity index (χ2n) is 18.4. The maximum Gasteiger partial charge on any atom is 0.133 e. The molecule has 0 N–H and O–H groups in total. The number of ketones is 1. The van der Waals surface area contributed by atoms with Gasteiger partial charge in [0.05, 0.1) is 0 Å². The molecule has 3 nitrogen and oxygen atoms in total. The summed E-state index contributed by atoms with van der Waals surface area (Å²) in [6.07, 6.45) is 2.63. The van der Waals surface area contributed by atoms with Crippen molar-refractivity contribution >= 4 is 39.9 Å². The molecule has 0 radical (unpaired) electrons. The Labute approximate surface area is 405 Å². The molecule has 12 rings (SSSR count). The van der Waals surface area contributed by atoms with Gasteiger partial charge in [-0.3, -0.25) is 4.79 Å². The molecule has 1 saturated carbocycles. The van der Waals surface area contributed by atoms with Crippen molar-refractivity contribution < 1.29 is 4.79 Å². The largest absolute Gasteiger partial charge is 0.310 e. The number of Topliss-reactive ketones (excluding diaryl/α,β-unsaturated/α-hetero) is 1. The normalized spacial score (nSPS) is 13.4. The van der Waals surface area contributed by atoms with Crippen LogP contribution >= 0.6 is 0 Å². The van der Waals surface area contributed by atoms with Crippen LogP contribution in [0.3, 0.4) is 0 Å². The van der Waals surface area contributed by atoms with Crippen LogP contribution < -0.4 is 9.80 Å². The lowest BCUT2D eigenvalue weighted by Crippen LogP contribution is -2.31. The van der Waals surface area contributed by atoms with Gasteiger partial charge in [0.15, 0.2) is 0 Å². The molecule has 0 saturated heterocycles. The van der Waals surface area contributed by atoms with Gasteiger partial charge >= 0.3 is 0 Å². The number of fused-ring (bicyclic) bond motifs is 5. The number of rotatable bonds is 10. The van der Waals surface area contributed by atoms with E-state index in [1.807, 2.05) is 0 Å². The van der Waals surface area contributed by atoms with Gasteiger partial charge in [0.2, 0.25) is 0 Å². The van der Waals surface area contributed by atoms with E-state index in [0.717, 1.165) is 69.2 Å². The first-order valence-electron chi connectivity index (χ1n) is 24.1. The van der Waals surface area contributed by atoms with E-state index in [4.69, 9.17) is 0 Å². The quantitative estimate of drug-likeness (QED) is 0.137. The standard InChI is InChI=1S/C66H50N2O/c69-61-37-39-66(40-38-61)64-45-59(67(55-29-13-25-51(41-55)47-17-5-1-6-18-47)56-30-14-26-52(42-56)48-19-7-2-8-20-48)33-35-62(64)63-36-34-60(46-65(63)66)68(57-31-15-27-53(43-57)49-21-9-3-10-22-49)58-32-16-28-54(44-58)50-23-11-4-12-24-50/h1-36,41-46H,37-40H2. The zero-order chi connectivity index (χ0) is 46.2. The molecule has 0 bridgehead atoms. The van der Waals surface area contributed by atoms with E-state index in [-0.39, 0.29) is 5.41 Å². The van der Waals surface area contributed by atoms with Gasteiger partial charge in [0.1, 0.15) is 5.78 Å². The van der Waals surface area contributed by atoms with E-state index < -0.39 is 0 Å². The number of nitrogens with zero attached hydrogens (tertiary/aromatic N) is 2. The SMILES string of the molecule is O=C1CCC2(CC1)c1cc(N(c3cccc(-c4ccccc4)c3)c3cccc(-c4ccccc4)c3)ccc1-c1ccc(N(c3cccc(-c4ccccc4)c3)c3cccc(-c4ccccc4)c3)cc12. The average Bonchev–Trinajstić information content (AvgIpc) is 3.68. The maximum absolute atomic E-state index is 13.3. The predicted octanol–water partition coefficient (Wildman–Crippen LogP) is 17.7. The van der Waals surface area contributed by atoms with Crippen LogP contribution in [-0.4, -0.2) is 5.78 Å². The Bertz CT molecular complexity index is 3080. The van der Waals surface area contributed by atoms with Gasteiger partial charge in [-0.1, -0.05) is 182 Å². The lowest BCUT2D eigenvalue weighted by atomic mass is 9.67. The van der Waals surface area contributed by atoms with Crippen molar-refractivity contribution in [2.24, 2.45) is 0 Å². The number of carbonyl (C=O) groups is 1. The fourth-order valence-electron chi connectivity index (χ4n) is 11.0. The van der Waals surface area contributed by atoms with Gasteiger partial charge < -0.3 is 9.80 Å². The molecule has 330 valence electrons. The van der Waals surface area contributed by atoms with Gasteiger partial charge in [-0.25, -0.2) is 0 Å². The van der Waals surface area contributed by atoms with Crippen LogP contribution in [0, 0.1) is 0 Å². The van der Waals surface area contributed by atoms with E-state index in [0.29, 0.717) is 18.6 Å². The summed E-state index contributed by atoms with van der Waals surface area (Å²) in [6.45, 7) is 0. The minimum Gasteiger partial charge on any atom is -0.310 e. The van der Waals surface area contributed by atoms with E-state index in [2.05, 4.69) is 265 Å². The third kappa shape index (κ3) is 7.92. The van der Waals surface area contributed by atoms with Crippen LogP contribution in [0.5, 0.6) is 0 Å². The van der Waals surface area contributed by atoms with Gasteiger partial charge in [0, 0.05) is 52.4 Å². The topological polar surface area (TPSA) is 23.6 Å². The summed E-state index contributed by atoms with van der Waals surface area (Å²) in [6, 6.07) is 92.2. The van der Waals surface area contributed by atoms with E-state index in [1.54, 1.807) is 0 Å². The van der Waals surface area contributed by atoms with Gasteiger partial charge in [-0.05, 0) is 152 Å². The van der Waals surface area contributed by atoms with Gasteiger partial charge in [0.25, 0.3) is 0 Å². The highest BCUT2D eigenvalue weighted by molar-refractivity contribution is 5.92. The van der Waals surface area contributed by atoms with Crippen molar-refractivity contribution in [1.29, 1.82) is 0 Å². The Balaban J connectivity index is 1.02. The van der Waals surface area contributed by atoms with Gasteiger partial charge in [-0.15, -0.1) is 0 Å². The summed E-state index contributed by atoms with van der Waals surface area (Å²) >= 11 is 0. The van der Waals surface area contributed by atoms with Crippen LogP contribution in [0.4, 0.5) is 34.1 Å². The summed E-state index contributed by atoms with van der Waals surface area (Å²) < 4.78 is 0. The lowest BCUT2D eigenvalue weighted by Gasteiger charge is -2.37. The van der Waals surface area contributed by atoms with E-state index >= 15 is 0 Å². The molecule has 10 aromatic carbocycles. The lowest BCUT2D eigenvalue weighted by molar-refractivity contribution is -0.121. The van der Waals surface area contributed by atoms with Crippen LogP contribution in [0.2, 0.25) is 0 Å². The first kappa shape index (κ1) is 41.9. The molecule has 3 heteroatoms. The highest BCUT2D eigenvalue weighted by Crippen LogP contribution is 2.58. The summed E-state index contributed by atoms with van der Waals surface area (Å²) in [4.78, 5) is 18.1. The third-order valence-electron chi connectivity index (χ3n) is 14.4. The minimum atomic E-state index is -0.350. The second kappa shape index (κ2) is 17.9. The summed E-state index contributed by atoms with van der Waals surface area (Å²) in [7, 11) is 0. The molecule has 69 heavy (non-hydrogen) atoms. The third-order valence-corrected chi connectivity index (χ3v) is 14.4. The fourth-order valence-corrected chi connectivity index (χ4v) is 11.0. The van der Waals surface area contributed by atoms with Crippen molar-refractivity contribution in [3.05, 3.63) is 266 Å². The molecule has 1 fully saturated rings. The minimum absolute atomic E-state index is 0.345. The molecule has 0 aliphatic heterocycles. The molecular formula is C66H50N2O. The van der Waals surface area contributed by atoms with Gasteiger partial charge in [-0.2, -0.15) is 0 Å². The van der Waals surface area contributed by atoms with Crippen LogP contribution in [0.25, 0.3) is 55.6 Å². The average molecular weight is 887 g/mol. The number of hydrogen-bond donors (Lipinski definition) is 0. The Morgan fingerprint density at radius 3 is 0.855 bits per heavy atom. The monoisotopic (exact) mass is 886 g/mol. The highest BCUT2D eigenvalue weighted by atomic mass is 16.1. The van der Waals surface area contributed by atoms with Crippen molar-refractivity contribution in [2.75, 3.05) is 9.80 Å². The Morgan fingerprint density at radius 1 is 0.275 bits per heavy atom. The molecule has 10 aromatic rings. The smallest absolute Gasteiger partial charge is 0.133 e. The van der Waals surface area contributed by atoms with E-state index in [9.17, 15) is 4.79 Å². The molecule has 2 aliphatic carbocycles. The molecule has 0 atom stereocenters. The zero-order valence-electron chi connectivity index (χ0n) is 38.4. The fraction of sp³-hybridized carbons (Fsp3) is 0.0758. The number of benzene rings is 10. The zero-order valence-corrected chi connectivity index (χ0v) is 38.4. The number of carbonyl (C=O) groups excluding carboxylic acids is 1.